The molecule has 0 spiro atoms. The van der Waals surface area contributed by atoms with Gasteiger partial charge in [0, 0.05) is 7.11 Å². The molecule has 0 rings (SSSR count). The summed E-state index contributed by atoms with van der Waals surface area (Å²) in [5, 5.41) is 8.96. The monoisotopic (exact) mass is 134 g/mol. The number of hydrogen-bond acceptors (Lipinski definition) is 2. The second kappa shape index (κ2) is 3.85. The van der Waals surface area contributed by atoms with E-state index in [1.165, 1.54) is 0 Å². The Hall–Kier alpha value is -0.0800. The molecule has 1 atom stereocenters. The minimum atomic E-state index is -0.410. The van der Waals surface area contributed by atoms with Crippen molar-refractivity contribution in [2.75, 3.05) is 7.11 Å². The molecule has 0 aromatic carbocycles. The van der Waals surface area contributed by atoms with Crippen LogP contribution in [0.2, 0.25) is 0 Å². The first-order valence-electron chi connectivity index (χ1n) is 2.74. The van der Waals surface area contributed by atoms with E-state index in [4.69, 9.17) is 9.84 Å². The third-order valence-electron chi connectivity index (χ3n) is 1.53. The van der Waals surface area contributed by atoms with Gasteiger partial charge in [-0.25, -0.2) is 0 Å². The van der Waals surface area contributed by atoms with Gasteiger partial charge in [0.25, 0.3) is 0 Å². The Morgan fingerprint density at radius 2 is 1.78 bits per heavy atom. The van der Waals surface area contributed by atoms with Crippen LogP contribution < -0.4 is 0 Å². The van der Waals surface area contributed by atoms with Gasteiger partial charge in [0.2, 0.25) is 0 Å². The van der Waals surface area contributed by atoms with Crippen LogP contribution in [0.25, 0.3) is 0 Å². The van der Waals surface area contributed by atoms with Crippen molar-refractivity contribution in [2.45, 2.75) is 39.9 Å². The predicted octanol–water partition coefficient (Wildman–Crippen LogP) is 1.43. The van der Waals surface area contributed by atoms with Crippen molar-refractivity contribution in [3.05, 3.63) is 0 Å². The van der Waals surface area contributed by atoms with Gasteiger partial charge in [-0.1, -0.05) is 7.43 Å². The highest BCUT2D eigenvalue weighted by atomic mass is 16.5. The molecular formula is C7H18O2. The van der Waals surface area contributed by atoms with Crippen LogP contribution in [0, 0.1) is 0 Å². The smallest absolute Gasteiger partial charge is 0.0877 e. The zero-order valence-corrected chi connectivity index (χ0v) is 5.93. The fraction of sp³-hybridized carbons (Fsp3) is 1.00. The van der Waals surface area contributed by atoms with Gasteiger partial charge < -0.3 is 9.84 Å². The van der Waals surface area contributed by atoms with Crippen molar-refractivity contribution >= 4 is 0 Å². The normalized spacial score (nSPS) is 14.3. The van der Waals surface area contributed by atoms with E-state index in [0.717, 1.165) is 0 Å². The maximum atomic E-state index is 8.96. The van der Waals surface area contributed by atoms with E-state index in [0.29, 0.717) is 0 Å². The maximum absolute atomic E-state index is 8.96. The summed E-state index contributed by atoms with van der Waals surface area (Å²) in [5.41, 5.74) is -0.403. The Morgan fingerprint density at radius 1 is 1.44 bits per heavy atom. The lowest BCUT2D eigenvalue weighted by atomic mass is 10.0. The summed E-state index contributed by atoms with van der Waals surface area (Å²) >= 11 is 0. The van der Waals surface area contributed by atoms with E-state index in [1.54, 1.807) is 14.0 Å². The molecule has 0 amide bonds. The average molecular weight is 134 g/mol. The molecule has 0 aromatic rings. The van der Waals surface area contributed by atoms with Crippen molar-refractivity contribution < 1.29 is 9.84 Å². The van der Waals surface area contributed by atoms with Crippen LogP contribution in [0.3, 0.4) is 0 Å². The zero-order valence-electron chi connectivity index (χ0n) is 5.93. The molecule has 9 heavy (non-hydrogen) atoms. The van der Waals surface area contributed by atoms with Gasteiger partial charge in [0.15, 0.2) is 0 Å². The van der Waals surface area contributed by atoms with Gasteiger partial charge in [0.1, 0.15) is 0 Å². The maximum Gasteiger partial charge on any atom is 0.0877 e. The van der Waals surface area contributed by atoms with Crippen molar-refractivity contribution in [3.63, 3.8) is 0 Å². The number of aliphatic hydroxyl groups is 1. The fourth-order valence-corrected chi connectivity index (χ4v) is 0.171. The minimum Gasteiger partial charge on any atom is -0.390 e. The minimum absolute atomic E-state index is 0. The summed E-state index contributed by atoms with van der Waals surface area (Å²) in [5.74, 6) is 0. The standard InChI is InChI=1S/C6H14O2.CH4/c1-5(7)6(2,3)8-4;/h5,7H,1-4H3;1H4. The molecule has 0 aromatic heterocycles. The number of hydrogen-bond donors (Lipinski definition) is 1. The molecule has 0 aliphatic rings. The molecular weight excluding hydrogens is 116 g/mol. The van der Waals surface area contributed by atoms with E-state index < -0.39 is 11.7 Å². The van der Waals surface area contributed by atoms with Gasteiger partial charge in [-0.2, -0.15) is 0 Å². The molecule has 2 heteroatoms. The summed E-state index contributed by atoms with van der Waals surface area (Å²) in [6, 6.07) is 0. The highest BCUT2D eigenvalue weighted by molar-refractivity contribution is 4.73. The van der Waals surface area contributed by atoms with Gasteiger partial charge in [-0.3, -0.25) is 0 Å². The van der Waals surface area contributed by atoms with E-state index in [2.05, 4.69) is 0 Å². The van der Waals surface area contributed by atoms with Gasteiger partial charge >= 0.3 is 0 Å². The summed E-state index contributed by atoms with van der Waals surface area (Å²) in [7, 11) is 1.59. The van der Waals surface area contributed by atoms with E-state index in [9.17, 15) is 0 Å². The number of aliphatic hydroxyl groups excluding tert-OH is 1. The van der Waals surface area contributed by atoms with Gasteiger partial charge in [-0.05, 0) is 20.8 Å². The SMILES string of the molecule is C.COC(C)(C)C(C)O. The Morgan fingerprint density at radius 3 is 1.78 bits per heavy atom. The zero-order chi connectivity index (χ0) is 6.78. The molecule has 2 nitrogen and oxygen atoms in total. The summed E-state index contributed by atoms with van der Waals surface area (Å²) in [6.07, 6.45) is -0.410. The number of rotatable bonds is 2. The van der Waals surface area contributed by atoms with Crippen LogP contribution in [0.5, 0.6) is 0 Å². The Bertz CT molecular complexity index is 67.3. The first-order chi connectivity index (χ1) is 3.50. The highest BCUT2D eigenvalue weighted by Crippen LogP contribution is 2.11. The fourth-order valence-electron chi connectivity index (χ4n) is 0.171. The van der Waals surface area contributed by atoms with Gasteiger partial charge in [0.05, 0.1) is 11.7 Å². The molecule has 58 valence electrons. The van der Waals surface area contributed by atoms with E-state index in [1.807, 2.05) is 13.8 Å². The predicted molar refractivity (Wildman–Crippen MR) is 39.5 cm³/mol. The van der Waals surface area contributed by atoms with Crippen molar-refractivity contribution in [1.29, 1.82) is 0 Å². The highest BCUT2D eigenvalue weighted by Gasteiger charge is 2.22. The molecule has 0 radical (unpaired) electrons. The quantitative estimate of drug-likeness (QED) is 0.619. The van der Waals surface area contributed by atoms with Crippen molar-refractivity contribution in [2.24, 2.45) is 0 Å². The molecule has 0 saturated carbocycles. The van der Waals surface area contributed by atoms with E-state index in [-0.39, 0.29) is 7.43 Å². The topological polar surface area (TPSA) is 29.5 Å². The molecule has 0 aliphatic carbocycles. The Labute approximate surface area is 57.8 Å². The number of methoxy groups -OCH3 is 1. The van der Waals surface area contributed by atoms with Crippen molar-refractivity contribution in [3.8, 4) is 0 Å². The second-order valence-corrected chi connectivity index (χ2v) is 2.48. The molecule has 1 unspecified atom stereocenters. The lowest BCUT2D eigenvalue weighted by Crippen LogP contribution is -2.35. The molecule has 0 fully saturated rings. The molecule has 0 saturated heterocycles. The lowest BCUT2D eigenvalue weighted by molar-refractivity contribution is -0.0687. The van der Waals surface area contributed by atoms with Crippen molar-refractivity contribution in [1.82, 2.24) is 0 Å². The van der Waals surface area contributed by atoms with Crippen LogP contribution in [0.15, 0.2) is 0 Å². The van der Waals surface area contributed by atoms with Crippen LogP contribution in [-0.4, -0.2) is 23.9 Å². The third kappa shape index (κ3) is 3.49. The first-order valence-corrected chi connectivity index (χ1v) is 2.74. The van der Waals surface area contributed by atoms with E-state index >= 15 is 0 Å². The van der Waals surface area contributed by atoms with Crippen LogP contribution in [-0.2, 0) is 4.74 Å². The largest absolute Gasteiger partial charge is 0.390 e. The van der Waals surface area contributed by atoms with Crippen LogP contribution in [0.4, 0.5) is 0 Å². The molecule has 0 heterocycles. The molecule has 0 bridgehead atoms. The molecule has 0 aliphatic heterocycles. The summed E-state index contributed by atoms with van der Waals surface area (Å²) in [6.45, 7) is 5.40. The molecule has 1 N–H and O–H groups in total. The third-order valence-corrected chi connectivity index (χ3v) is 1.53. The Kier molecular flexibility index (Phi) is 5.00. The first kappa shape index (κ1) is 11.7. The average Bonchev–Trinajstić information content (AvgIpc) is 1.67. The summed E-state index contributed by atoms with van der Waals surface area (Å²) in [4.78, 5) is 0. The second-order valence-electron chi connectivity index (χ2n) is 2.48. The number of ether oxygens (including phenoxy) is 1. The Balaban J connectivity index is 0. The van der Waals surface area contributed by atoms with Crippen LogP contribution in [0.1, 0.15) is 28.2 Å². The van der Waals surface area contributed by atoms with Crippen LogP contribution >= 0.6 is 0 Å². The van der Waals surface area contributed by atoms with Gasteiger partial charge in [-0.15, -0.1) is 0 Å². The summed E-state index contributed by atoms with van der Waals surface area (Å²) < 4.78 is 4.95. The lowest BCUT2D eigenvalue weighted by Gasteiger charge is -2.25.